The molecule has 17 heavy (non-hydrogen) atoms. The first-order valence-corrected chi connectivity index (χ1v) is 4.68. The van der Waals surface area contributed by atoms with Gasteiger partial charge in [-0.2, -0.15) is 0 Å². The molecule has 3 nitrogen and oxygen atoms in total. The van der Waals surface area contributed by atoms with Gasteiger partial charge in [0.05, 0.1) is 0 Å². The molecule has 0 spiro atoms. The van der Waals surface area contributed by atoms with E-state index in [1.807, 2.05) is 0 Å². The standard InChI is InChI=1S/C10H7F4NO2/c11-5-3(9(16)17)6(12)8(14)4(7(5)13)10(15)1-2-10/h1-2,15H2,(H,16,17). The van der Waals surface area contributed by atoms with Crippen molar-refractivity contribution in [2.24, 2.45) is 5.73 Å². The number of carboxylic acids is 1. The van der Waals surface area contributed by atoms with Crippen molar-refractivity contribution < 1.29 is 27.5 Å². The van der Waals surface area contributed by atoms with E-state index >= 15 is 0 Å². The second-order valence-corrected chi connectivity index (χ2v) is 3.97. The molecule has 0 radical (unpaired) electrons. The van der Waals surface area contributed by atoms with Crippen LogP contribution < -0.4 is 5.73 Å². The van der Waals surface area contributed by atoms with E-state index in [1.54, 1.807) is 0 Å². The zero-order valence-corrected chi connectivity index (χ0v) is 8.36. The summed E-state index contributed by atoms with van der Waals surface area (Å²) in [5.41, 5.74) is 1.47. The smallest absolute Gasteiger partial charge is 0.341 e. The predicted molar refractivity (Wildman–Crippen MR) is 48.3 cm³/mol. The Balaban J connectivity index is 2.78. The molecular formula is C10H7F4NO2. The lowest BCUT2D eigenvalue weighted by Crippen LogP contribution is -2.25. The summed E-state index contributed by atoms with van der Waals surface area (Å²) < 4.78 is 53.5. The van der Waals surface area contributed by atoms with Crippen molar-refractivity contribution in [3.63, 3.8) is 0 Å². The van der Waals surface area contributed by atoms with E-state index in [0.29, 0.717) is 0 Å². The van der Waals surface area contributed by atoms with Crippen molar-refractivity contribution in [3.8, 4) is 0 Å². The number of carboxylic acid groups (broad SMARTS) is 1. The van der Waals surface area contributed by atoms with E-state index in [1.165, 1.54) is 0 Å². The van der Waals surface area contributed by atoms with E-state index in [0.717, 1.165) is 0 Å². The first-order chi connectivity index (χ1) is 7.79. The van der Waals surface area contributed by atoms with Gasteiger partial charge in [0.2, 0.25) is 0 Å². The van der Waals surface area contributed by atoms with E-state index in [-0.39, 0.29) is 12.8 Å². The third kappa shape index (κ3) is 1.57. The molecule has 1 aromatic rings. The van der Waals surface area contributed by atoms with Gasteiger partial charge < -0.3 is 10.8 Å². The highest BCUT2D eigenvalue weighted by atomic mass is 19.2. The van der Waals surface area contributed by atoms with Gasteiger partial charge in [-0.05, 0) is 12.8 Å². The Labute approximate surface area is 92.8 Å². The molecule has 1 fully saturated rings. The van der Waals surface area contributed by atoms with E-state index in [4.69, 9.17) is 10.8 Å². The van der Waals surface area contributed by atoms with Crippen molar-refractivity contribution in [2.45, 2.75) is 18.4 Å². The molecule has 0 atom stereocenters. The molecule has 0 unspecified atom stereocenters. The third-order valence-corrected chi connectivity index (χ3v) is 2.76. The summed E-state index contributed by atoms with van der Waals surface area (Å²) >= 11 is 0. The van der Waals surface area contributed by atoms with Gasteiger partial charge in [-0.25, -0.2) is 22.4 Å². The van der Waals surface area contributed by atoms with Crippen molar-refractivity contribution >= 4 is 5.97 Å². The third-order valence-electron chi connectivity index (χ3n) is 2.76. The molecule has 0 saturated heterocycles. The van der Waals surface area contributed by atoms with Crippen LogP contribution in [0, 0.1) is 23.3 Å². The molecule has 0 bridgehead atoms. The Kier molecular flexibility index (Phi) is 2.39. The summed E-state index contributed by atoms with van der Waals surface area (Å²) in [5, 5.41) is 8.46. The van der Waals surface area contributed by atoms with Gasteiger partial charge in [0.1, 0.15) is 5.56 Å². The summed E-state index contributed by atoms with van der Waals surface area (Å²) in [7, 11) is 0. The lowest BCUT2D eigenvalue weighted by Gasteiger charge is -2.14. The number of rotatable bonds is 2. The maximum Gasteiger partial charge on any atom is 0.341 e. The average Bonchev–Trinajstić information content (AvgIpc) is 2.94. The van der Waals surface area contributed by atoms with Crippen molar-refractivity contribution in [1.82, 2.24) is 0 Å². The fourth-order valence-corrected chi connectivity index (χ4v) is 1.64. The summed E-state index contributed by atoms with van der Waals surface area (Å²) in [4.78, 5) is 10.5. The number of hydrogen-bond donors (Lipinski definition) is 2. The Morgan fingerprint density at radius 1 is 1.06 bits per heavy atom. The molecule has 0 heterocycles. The maximum absolute atomic E-state index is 13.5. The van der Waals surface area contributed by atoms with Gasteiger partial charge in [0, 0.05) is 11.1 Å². The molecule has 92 valence electrons. The fraction of sp³-hybridized carbons (Fsp3) is 0.300. The Bertz CT molecular complexity index is 497. The quantitative estimate of drug-likeness (QED) is 0.621. The average molecular weight is 249 g/mol. The molecule has 1 aliphatic rings. The van der Waals surface area contributed by atoms with Crippen LogP contribution >= 0.6 is 0 Å². The van der Waals surface area contributed by atoms with E-state index in [2.05, 4.69) is 0 Å². The van der Waals surface area contributed by atoms with Crippen LogP contribution in [0.15, 0.2) is 0 Å². The van der Waals surface area contributed by atoms with E-state index in [9.17, 15) is 22.4 Å². The van der Waals surface area contributed by atoms with Crippen LogP contribution in [-0.4, -0.2) is 11.1 Å². The predicted octanol–water partition coefficient (Wildman–Crippen LogP) is 1.89. The number of nitrogens with two attached hydrogens (primary N) is 1. The Morgan fingerprint density at radius 3 is 1.76 bits per heavy atom. The number of carbonyl (C=O) groups is 1. The van der Waals surface area contributed by atoms with Crippen molar-refractivity contribution in [2.75, 3.05) is 0 Å². The van der Waals surface area contributed by atoms with Crippen LogP contribution in [0.2, 0.25) is 0 Å². The van der Waals surface area contributed by atoms with E-state index < -0.39 is 45.9 Å². The highest BCUT2D eigenvalue weighted by Crippen LogP contribution is 2.46. The molecule has 7 heteroatoms. The SMILES string of the molecule is NC1(c2c(F)c(F)c(C(=O)O)c(F)c2F)CC1. The molecule has 0 aromatic heterocycles. The summed E-state index contributed by atoms with van der Waals surface area (Å²) in [6.45, 7) is 0. The van der Waals surface area contributed by atoms with Gasteiger partial charge in [-0.15, -0.1) is 0 Å². The highest BCUT2D eigenvalue weighted by Gasteiger charge is 2.47. The summed E-state index contributed by atoms with van der Waals surface area (Å²) in [5.74, 6) is -9.40. The monoisotopic (exact) mass is 249 g/mol. The Hall–Kier alpha value is -1.63. The van der Waals surface area contributed by atoms with Gasteiger partial charge in [-0.1, -0.05) is 0 Å². The van der Waals surface area contributed by atoms with Gasteiger partial charge in [0.25, 0.3) is 0 Å². The minimum atomic E-state index is -2.08. The van der Waals surface area contributed by atoms with Gasteiger partial charge in [-0.3, -0.25) is 0 Å². The second kappa shape index (κ2) is 3.43. The highest BCUT2D eigenvalue weighted by molar-refractivity contribution is 5.88. The first kappa shape index (κ1) is 11.8. The van der Waals surface area contributed by atoms with Gasteiger partial charge in [0.15, 0.2) is 23.3 Å². The summed E-state index contributed by atoms with van der Waals surface area (Å²) in [6, 6.07) is 0. The number of benzene rings is 1. The lowest BCUT2D eigenvalue weighted by atomic mass is 10.0. The first-order valence-electron chi connectivity index (χ1n) is 4.68. The number of hydrogen-bond acceptors (Lipinski definition) is 2. The maximum atomic E-state index is 13.5. The van der Waals surface area contributed by atoms with Crippen LogP contribution in [0.5, 0.6) is 0 Å². The second-order valence-electron chi connectivity index (χ2n) is 3.97. The van der Waals surface area contributed by atoms with Crippen LogP contribution in [0.4, 0.5) is 17.6 Å². The Morgan fingerprint density at radius 2 is 1.47 bits per heavy atom. The molecule has 2 rings (SSSR count). The number of halogens is 4. The zero-order valence-electron chi connectivity index (χ0n) is 8.36. The molecule has 0 aliphatic heterocycles. The minimum absolute atomic E-state index is 0.187. The molecule has 1 aliphatic carbocycles. The van der Waals surface area contributed by atoms with Crippen molar-refractivity contribution in [1.29, 1.82) is 0 Å². The van der Waals surface area contributed by atoms with Crippen LogP contribution in [0.25, 0.3) is 0 Å². The molecular weight excluding hydrogens is 242 g/mol. The molecule has 1 aromatic carbocycles. The van der Waals surface area contributed by atoms with Crippen LogP contribution in [0.3, 0.4) is 0 Å². The van der Waals surface area contributed by atoms with Crippen molar-refractivity contribution in [3.05, 3.63) is 34.4 Å². The molecule has 3 N–H and O–H groups in total. The normalized spacial score (nSPS) is 17.0. The number of aromatic carboxylic acids is 1. The molecule has 0 amide bonds. The topological polar surface area (TPSA) is 63.3 Å². The van der Waals surface area contributed by atoms with Crippen LogP contribution in [-0.2, 0) is 5.54 Å². The molecule has 1 saturated carbocycles. The largest absolute Gasteiger partial charge is 0.477 e. The van der Waals surface area contributed by atoms with Gasteiger partial charge >= 0.3 is 5.97 Å². The lowest BCUT2D eigenvalue weighted by molar-refractivity contribution is 0.0683. The zero-order chi connectivity index (χ0) is 13.0. The minimum Gasteiger partial charge on any atom is -0.477 e. The summed E-state index contributed by atoms with van der Waals surface area (Å²) in [6.07, 6.45) is 0.373. The van der Waals surface area contributed by atoms with Crippen LogP contribution in [0.1, 0.15) is 28.8 Å². The fourth-order valence-electron chi connectivity index (χ4n) is 1.64.